The fourth-order valence-corrected chi connectivity index (χ4v) is 1.16. The largest absolute Gasteiger partial charge is 0.492 e. The topological polar surface area (TPSA) is 26.3 Å². The summed E-state index contributed by atoms with van der Waals surface area (Å²) < 4.78 is 17.8. The monoisotopic (exact) mass is 182 g/mol. The van der Waals surface area contributed by atoms with Crippen LogP contribution in [0.5, 0.6) is 5.75 Å². The lowest BCUT2D eigenvalue weighted by molar-refractivity contribution is 0.403. The van der Waals surface area contributed by atoms with Gasteiger partial charge in [0.1, 0.15) is 0 Å². The van der Waals surface area contributed by atoms with E-state index in [0.29, 0.717) is 6.42 Å². The summed E-state index contributed by atoms with van der Waals surface area (Å²) in [5.74, 6) is -0.679. The van der Waals surface area contributed by atoms with Gasteiger partial charge < -0.3 is 4.74 Å². The van der Waals surface area contributed by atoms with Crippen LogP contribution in [-0.4, -0.2) is 7.11 Å². The van der Waals surface area contributed by atoms with E-state index in [9.17, 15) is 9.18 Å². The molecule has 0 fully saturated rings. The molecule has 0 atom stereocenters. The second-order valence-electron chi connectivity index (χ2n) is 2.61. The predicted molar refractivity (Wildman–Crippen MR) is 48.6 cm³/mol. The lowest BCUT2D eigenvalue weighted by Gasteiger charge is -1.99. The Balaban J connectivity index is 3.52. The molecule has 13 heavy (non-hydrogen) atoms. The highest BCUT2D eigenvalue weighted by atomic mass is 19.1. The lowest BCUT2D eigenvalue weighted by Crippen LogP contribution is -2.08. The molecule has 1 rings (SSSR count). The van der Waals surface area contributed by atoms with Gasteiger partial charge in [-0.1, -0.05) is 19.1 Å². The first-order valence-electron chi connectivity index (χ1n) is 4.06. The quantitative estimate of drug-likeness (QED) is 0.696. The second-order valence-corrected chi connectivity index (χ2v) is 2.61. The minimum atomic E-state index is -0.781. The predicted octanol–water partition coefficient (Wildman–Crippen LogP) is 1.76. The van der Waals surface area contributed by atoms with Gasteiger partial charge in [-0.25, -0.2) is 4.39 Å². The molecular formula is C10H11FO2. The Morgan fingerprint density at radius 3 is 2.69 bits per heavy atom. The van der Waals surface area contributed by atoms with Gasteiger partial charge in [-0.2, -0.15) is 0 Å². The van der Waals surface area contributed by atoms with Crippen molar-refractivity contribution in [3.05, 3.63) is 39.8 Å². The zero-order chi connectivity index (χ0) is 9.84. The lowest BCUT2D eigenvalue weighted by atomic mass is 10.2. The molecule has 0 aliphatic carbocycles. The van der Waals surface area contributed by atoms with Gasteiger partial charge >= 0.3 is 0 Å². The van der Waals surface area contributed by atoms with Gasteiger partial charge in [0.05, 0.1) is 7.11 Å². The van der Waals surface area contributed by atoms with Crippen molar-refractivity contribution >= 4 is 0 Å². The van der Waals surface area contributed by atoms with E-state index in [4.69, 9.17) is 4.74 Å². The highest BCUT2D eigenvalue weighted by Gasteiger charge is 2.07. The van der Waals surface area contributed by atoms with Crippen molar-refractivity contribution in [2.24, 2.45) is 0 Å². The van der Waals surface area contributed by atoms with Gasteiger partial charge in [0, 0.05) is 0 Å². The van der Waals surface area contributed by atoms with E-state index in [1.807, 2.05) is 6.92 Å². The summed E-state index contributed by atoms with van der Waals surface area (Å²) in [5.41, 5.74) is 0.0424. The molecule has 0 amide bonds. The molecule has 1 aromatic carbocycles. The smallest absolute Gasteiger partial charge is 0.256 e. The molecule has 0 N–H and O–H groups in total. The van der Waals surface area contributed by atoms with Crippen LogP contribution in [0.1, 0.15) is 12.5 Å². The maximum absolute atomic E-state index is 12.9. The van der Waals surface area contributed by atoms with Crippen LogP contribution in [0.25, 0.3) is 0 Å². The van der Waals surface area contributed by atoms with Crippen molar-refractivity contribution in [1.82, 2.24) is 0 Å². The molecule has 0 unspecified atom stereocenters. The van der Waals surface area contributed by atoms with Crippen LogP contribution >= 0.6 is 0 Å². The van der Waals surface area contributed by atoms with E-state index in [1.54, 1.807) is 6.07 Å². The molecule has 70 valence electrons. The maximum atomic E-state index is 12.9. The normalized spacial score (nSPS) is 9.77. The molecule has 0 saturated heterocycles. The number of rotatable bonds is 2. The molecule has 0 heterocycles. The van der Waals surface area contributed by atoms with Crippen LogP contribution < -0.4 is 10.2 Å². The third-order valence-corrected chi connectivity index (χ3v) is 1.84. The maximum Gasteiger partial charge on any atom is 0.256 e. The van der Waals surface area contributed by atoms with Crippen LogP contribution in [0.4, 0.5) is 4.39 Å². The molecule has 2 nitrogen and oxygen atoms in total. The highest BCUT2D eigenvalue weighted by molar-refractivity contribution is 5.32. The minimum Gasteiger partial charge on any atom is -0.492 e. The third kappa shape index (κ3) is 1.86. The van der Waals surface area contributed by atoms with Gasteiger partial charge in [0.2, 0.25) is 0 Å². The molecule has 3 heteroatoms. The number of halogens is 1. The molecule has 0 aliphatic heterocycles. The van der Waals surface area contributed by atoms with E-state index >= 15 is 0 Å². The molecule has 0 saturated carbocycles. The van der Waals surface area contributed by atoms with Crippen LogP contribution in [-0.2, 0) is 6.42 Å². The number of aryl methyl sites for hydroxylation is 1. The Labute approximate surface area is 76.0 Å². The van der Waals surface area contributed by atoms with Gasteiger partial charge in [0.15, 0.2) is 11.6 Å². The van der Waals surface area contributed by atoms with Crippen LogP contribution in [0.2, 0.25) is 0 Å². The number of hydrogen-bond donors (Lipinski definition) is 0. The summed E-state index contributed by atoms with van der Waals surface area (Å²) in [5, 5.41) is 0. The first kappa shape index (κ1) is 9.71. The fourth-order valence-electron chi connectivity index (χ4n) is 1.16. The first-order valence-corrected chi connectivity index (χ1v) is 4.06. The highest BCUT2D eigenvalue weighted by Crippen LogP contribution is 2.12. The second kappa shape index (κ2) is 4.03. The summed E-state index contributed by atoms with van der Waals surface area (Å²) in [7, 11) is 1.37. The summed E-state index contributed by atoms with van der Waals surface area (Å²) in [4.78, 5) is 11.3. The number of hydrogen-bond acceptors (Lipinski definition) is 2. The summed E-state index contributed by atoms with van der Waals surface area (Å²) in [6.07, 6.45) is 0.645. The molecule has 0 aromatic heterocycles. The Bertz CT molecular complexity index is 361. The van der Waals surface area contributed by atoms with Crippen molar-refractivity contribution in [3.8, 4) is 5.75 Å². The van der Waals surface area contributed by atoms with E-state index in [-0.39, 0.29) is 5.75 Å². The van der Waals surface area contributed by atoms with Crippen molar-refractivity contribution in [1.29, 1.82) is 0 Å². The van der Waals surface area contributed by atoms with E-state index < -0.39 is 11.2 Å². The molecule has 0 spiro atoms. The van der Waals surface area contributed by atoms with Crippen LogP contribution in [0, 0.1) is 5.82 Å². The molecule has 0 radical (unpaired) electrons. The first-order chi connectivity index (χ1) is 6.20. The van der Waals surface area contributed by atoms with E-state index in [2.05, 4.69) is 0 Å². The van der Waals surface area contributed by atoms with Gasteiger partial charge in [0.25, 0.3) is 5.43 Å². The van der Waals surface area contributed by atoms with Crippen molar-refractivity contribution < 1.29 is 9.13 Å². The average Bonchev–Trinajstić information content (AvgIpc) is 2.27. The Hall–Kier alpha value is -1.38. The minimum absolute atomic E-state index is 0.102. The summed E-state index contributed by atoms with van der Waals surface area (Å²) >= 11 is 0. The third-order valence-electron chi connectivity index (χ3n) is 1.84. The Kier molecular flexibility index (Phi) is 3.01. The van der Waals surface area contributed by atoms with Crippen molar-refractivity contribution in [3.63, 3.8) is 0 Å². The van der Waals surface area contributed by atoms with Crippen LogP contribution in [0.15, 0.2) is 23.0 Å². The Morgan fingerprint density at radius 1 is 1.46 bits per heavy atom. The van der Waals surface area contributed by atoms with Crippen LogP contribution in [0.3, 0.4) is 0 Å². The molecule has 0 bridgehead atoms. The molecule has 1 aromatic rings. The fraction of sp³-hybridized carbons (Fsp3) is 0.300. The molecule has 0 aliphatic rings. The van der Waals surface area contributed by atoms with Crippen molar-refractivity contribution in [2.75, 3.05) is 7.11 Å². The average molecular weight is 182 g/mol. The molecular weight excluding hydrogens is 171 g/mol. The van der Waals surface area contributed by atoms with Gasteiger partial charge in [-0.3, -0.25) is 4.79 Å². The SMILES string of the molecule is CCc1cccc(F)c(=O)c1OC. The number of ether oxygens (including phenoxy) is 1. The number of methoxy groups -OCH3 is 1. The van der Waals surface area contributed by atoms with Gasteiger partial charge in [-0.15, -0.1) is 0 Å². The summed E-state index contributed by atoms with van der Waals surface area (Å²) in [6, 6.07) is 4.34. The van der Waals surface area contributed by atoms with E-state index in [0.717, 1.165) is 11.6 Å². The van der Waals surface area contributed by atoms with Crippen molar-refractivity contribution in [2.45, 2.75) is 13.3 Å². The van der Waals surface area contributed by atoms with Gasteiger partial charge in [-0.05, 0) is 18.1 Å². The summed E-state index contributed by atoms with van der Waals surface area (Å²) in [6.45, 7) is 1.88. The van der Waals surface area contributed by atoms with E-state index in [1.165, 1.54) is 13.2 Å². The zero-order valence-electron chi connectivity index (χ0n) is 7.63. The standard InChI is InChI=1S/C10H11FO2/c1-3-7-5-4-6-8(11)9(12)10(7)13-2/h4-6H,3H2,1-2H3. The Morgan fingerprint density at radius 2 is 2.15 bits per heavy atom. The zero-order valence-corrected chi connectivity index (χ0v) is 7.63.